The summed E-state index contributed by atoms with van der Waals surface area (Å²) in [5.41, 5.74) is 3.78. The molecule has 7 heteroatoms. The Balaban J connectivity index is 2.25. The summed E-state index contributed by atoms with van der Waals surface area (Å²) in [6.07, 6.45) is -2.74. The number of nitrogens with zero attached hydrogens (tertiary/aromatic N) is 1. The third-order valence-electron chi connectivity index (χ3n) is 2.08. The van der Waals surface area contributed by atoms with Gasteiger partial charge in [0.25, 0.3) is 0 Å². The van der Waals surface area contributed by atoms with Gasteiger partial charge in [0.05, 0.1) is 11.9 Å². The molecule has 2 rings (SSSR count). The van der Waals surface area contributed by atoms with Gasteiger partial charge in [0.2, 0.25) is 0 Å². The van der Waals surface area contributed by atoms with Gasteiger partial charge in [-0.1, -0.05) is 18.2 Å². The minimum absolute atomic E-state index is 0.283. The summed E-state index contributed by atoms with van der Waals surface area (Å²) in [7, 11) is 0. The van der Waals surface area contributed by atoms with Crippen molar-refractivity contribution in [3.8, 4) is 0 Å². The van der Waals surface area contributed by atoms with Crippen LogP contribution in [0, 0.1) is 0 Å². The maximum Gasteiger partial charge on any atom is 0.491 e. The molecule has 0 spiro atoms. The van der Waals surface area contributed by atoms with Crippen molar-refractivity contribution >= 4 is 23.9 Å². The molecule has 0 fully saturated rings. The van der Waals surface area contributed by atoms with Crippen molar-refractivity contribution in [1.29, 1.82) is 0 Å². The molecule has 0 bridgehead atoms. The van der Waals surface area contributed by atoms with Gasteiger partial charge in [-0.25, -0.2) is 4.79 Å². The normalized spacial score (nSPS) is 14.1. The second-order valence-corrected chi connectivity index (χ2v) is 3.39. The molecule has 18 heavy (non-hydrogen) atoms. The van der Waals surface area contributed by atoms with Crippen LogP contribution in [0.3, 0.4) is 0 Å². The minimum atomic E-state index is -5.03. The fourth-order valence-electron chi connectivity index (χ4n) is 1.30. The Morgan fingerprint density at radius 1 is 1.28 bits per heavy atom. The highest BCUT2D eigenvalue weighted by atomic mass is 19.4. The van der Waals surface area contributed by atoms with Crippen molar-refractivity contribution in [2.75, 3.05) is 5.43 Å². The fourth-order valence-corrected chi connectivity index (χ4v) is 1.30. The van der Waals surface area contributed by atoms with E-state index in [1.165, 1.54) is 6.08 Å². The molecule has 1 N–H and O–H groups in total. The van der Waals surface area contributed by atoms with E-state index in [0.29, 0.717) is 11.3 Å². The Kier molecular flexibility index (Phi) is 3.05. The van der Waals surface area contributed by atoms with Gasteiger partial charge in [0.15, 0.2) is 5.76 Å². The van der Waals surface area contributed by atoms with E-state index in [4.69, 9.17) is 0 Å². The average Bonchev–Trinajstić information content (AvgIpc) is 2.49. The predicted molar refractivity (Wildman–Crippen MR) is 58.7 cm³/mol. The quantitative estimate of drug-likeness (QED) is 0.785. The van der Waals surface area contributed by atoms with E-state index < -0.39 is 12.1 Å². The molecule has 0 amide bonds. The van der Waals surface area contributed by atoms with E-state index in [1.807, 2.05) is 0 Å². The van der Waals surface area contributed by atoms with E-state index in [-0.39, 0.29) is 5.76 Å². The molecule has 1 aliphatic heterocycles. The third kappa shape index (κ3) is 2.68. The molecule has 1 heterocycles. The highest BCUT2D eigenvalue weighted by molar-refractivity contribution is 5.91. The molecule has 0 radical (unpaired) electrons. The summed E-state index contributed by atoms with van der Waals surface area (Å²) in [5.74, 6) is -2.56. The van der Waals surface area contributed by atoms with Gasteiger partial charge in [-0.2, -0.15) is 18.3 Å². The topological polar surface area (TPSA) is 50.7 Å². The highest BCUT2D eigenvalue weighted by Gasteiger charge is 2.41. The van der Waals surface area contributed by atoms with Gasteiger partial charge in [0.1, 0.15) is 0 Å². The monoisotopic (exact) mass is 256 g/mol. The van der Waals surface area contributed by atoms with Crippen molar-refractivity contribution in [3.05, 3.63) is 35.6 Å². The number of carbonyl (C=O) groups is 1. The number of allylic oxidation sites excluding steroid dienone is 1. The van der Waals surface area contributed by atoms with Gasteiger partial charge >= 0.3 is 12.1 Å². The molecule has 0 unspecified atom stereocenters. The van der Waals surface area contributed by atoms with E-state index in [0.717, 1.165) is 6.21 Å². The molecule has 0 saturated carbocycles. The van der Waals surface area contributed by atoms with Crippen molar-refractivity contribution in [2.24, 2.45) is 5.10 Å². The lowest BCUT2D eigenvalue weighted by atomic mass is 10.1. The molecule has 1 aromatic carbocycles. The molecule has 94 valence electrons. The number of benzene rings is 1. The number of halogens is 3. The minimum Gasteiger partial charge on any atom is -0.418 e. The number of alkyl halides is 3. The molecule has 1 aromatic rings. The van der Waals surface area contributed by atoms with E-state index in [1.54, 1.807) is 24.3 Å². The zero-order chi connectivity index (χ0) is 13.2. The zero-order valence-electron chi connectivity index (χ0n) is 8.86. The fraction of sp³-hybridized carbons (Fsp3) is 0.0909. The van der Waals surface area contributed by atoms with Crippen LogP contribution in [0.5, 0.6) is 0 Å². The first-order chi connectivity index (χ1) is 8.47. The molecule has 0 aromatic heterocycles. The maximum absolute atomic E-state index is 12.0. The number of fused-ring (bicyclic) bond motifs is 1. The summed E-state index contributed by atoms with van der Waals surface area (Å²) in [6, 6.07) is 6.78. The number of nitrogens with one attached hydrogen (secondary N) is 1. The van der Waals surface area contributed by atoms with Crippen LogP contribution < -0.4 is 5.43 Å². The Labute approximate surface area is 99.7 Å². The van der Waals surface area contributed by atoms with Gasteiger partial charge in [-0.3, -0.25) is 5.43 Å². The summed E-state index contributed by atoms with van der Waals surface area (Å²) >= 11 is 0. The SMILES string of the molecule is O=C(OC1=Cc2ccccc2NN=C1)C(F)(F)F. The van der Waals surface area contributed by atoms with Crippen LogP contribution in [-0.2, 0) is 9.53 Å². The summed E-state index contributed by atoms with van der Waals surface area (Å²) in [5, 5.41) is 3.64. The zero-order valence-corrected chi connectivity index (χ0v) is 8.86. The molecular weight excluding hydrogens is 249 g/mol. The smallest absolute Gasteiger partial charge is 0.418 e. The average molecular weight is 256 g/mol. The van der Waals surface area contributed by atoms with Gasteiger partial charge in [0, 0.05) is 5.56 Å². The lowest BCUT2D eigenvalue weighted by molar-refractivity contribution is -0.194. The van der Waals surface area contributed by atoms with Gasteiger partial charge in [-0.15, -0.1) is 0 Å². The molecule has 0 atom stereocenters. The molecule has 1 aliphatic rings. The number of hydrogen-bond donors (Lipinski definition) is 1. The first-order valence-corrected chi connectivity index (χ1v) is 4.85. The number of hydrogen-bond acceptors (Lipinski definition) is 4. The van der Waals surface area contributed by atoms with Gasteiger partial charge < -0.3 is 4.74 Å². The molecule has 0 aliphatic carbocycles. The first kappa shape index (κ1) is 12.2. The van der Waals surface area contributed by atoms with E-state index in [9.17, 15) is 18.0 Å². The number of esters is 1. The Hall–Kier alpha value is -2.31. The standard InChI is InChI=1S/C11H7F3N2O2/c12-11(13,14)10(17)18-8-5-7-3-1-2-4-9(7)16-15-6-8/h1-6,16H. The van der Waals surface area contributed by atoms with Crippen molar-refractivity contribution in [3.63, 3.8) is 0 Å². The summed E-state index contributed by atoms with van der Waals surface area (Å²) < 4.78 is 40.3. The van der Waals surface area contributed by atoms with Crippen LogP contribution in [0.1, 0.15) is 5.56 Å². The van der Waals surface area contributed by atoms with Crippen molar-refractivity contribution in [2.45, 2.75) is 6.18 Å². The lowest BCUT2D eigenvalue weighted by Crippen LogP contribution is -2.25. The number of rotatable bonds is 1. The molecular formula is C11H7F3N2O2. The van der Waals surface area contributed by atoms with Crippen LogP contribution in [-0.4, -0.2) is 18.4 Å². The third-order valence-corrected chi connectivity index (χ3v) is 2.08. The number of hydrazone groups is 1. The Morgan fingerprint density at radius 3 is 2.72 bits per heavy atom. The van der Waals surface area contributed by atoms with Crippen molar-refractivity contribution < 1.29 is 22.7 Å². The van der Waals surface area contributed by atoms with Crippen LogP contribution >= 0.6 is 0 Å². The van der Waals surface area contributed by atoms with E-state index >= 15 is 0 Å². The van der Waals surface area contributed by atoms with Crippen LogP contribution in [0.25, 0.3) is 6.08 Å². The first-order valence-electron chi connectivity index (χ1n) is 4.85. The predicted octanol–water partition coefficient (Wildman–Crippen LogP) is 2.54. The number of ether oxygens (including phenoxy) is 1. The highest BCUT2D eigenvalue weighted by Crippen LogP contribution is 2.23. The Morgan fingerprint density at radius 2 is 2.00 bits per heavy atom. The van der Waals surface area contributed by atoms with Crippen molar-refractivity contribution in [1.82, 2.24) is 0 Å². The molecule has 4 nitrogen and oxygen atoms in total. The maximum atomic E-state index is 12.0. The van der Waals surface area contributed by atoms with Gasteiger partial charge in [-0.05, 0) is 12.1 Å². The lowest BCUT2D eigenvalue weighted by Gasteiger charge is -2.06. The van der Waals surface area contributed by atoms with E-state index in [2.05, 4.69) is 15.3 Å². The summed E-state index contributed by atoms with van der Waals surface area (Å²) in [6.45, 7) is 0. The molecule has 0 saturated heterocycles. The second kappa shape index (κ2) is 4.52. The van der Waals surface area contributed by atoms with Crippen LogP contribution in [0.4, 0.5) is 18.9 Å². The van der Waals surface area contributed by atoms with Crippen LogP contribution in [0.15, 0.2) is 35.1 Å². The summed E-state index contributed by atoms with van der Waals surface area (Å²) in [4.78, 5) is 10.7. The Bertz CT molecular complexity index is 535. The second-order valence-electron chi connectivity index (χ2n) is 3.39. The number of carbonyl (C=O) groups excluding carboxylic acids is 1. The van der Waals surface area contributed by atoms with Crippen LogP contribution in [0.2, 0.25) is 0 Å². The largest absolute Gasteiger partial charge is 0.491 e. The number of para-hydroxylation sites is 1. The number of anilines is 1.